The monoisotopic (exact) mass is 261 g/mol. The third-order valence-electron chi connectivity index (χ3n) is 2.21. The van der Waals surface area contributed by atoms with E-state index in [0.717, 1.165) is 4.90 Å². The molecule has 7 nitrogen and oxygen atoms in total. The molecule has 1 heterocycles. The lowest BCUT2D eigenvalue weighted by Gasteiger charge is -2.02. The van der Waals surface area contributed by atoms with E-state index < -0.39 is 10.9 Å². The van der Waals surface area contributed by atoms with Crippen molar-refractivity contribution < 1.29 is 4.92 Å². The molecule has 90 valence electrons. The third kappa shape index (κ3) is 2.16. The molecule has 0 amide bonds. The fourth-order valence-electron chi connectivity index (χ4n) is 1.39. The van der Waals surface area contributed by atoms with Crippen LogP contribution in [-0.2, 0) is 0 Å². The SMILES string of the molecule is CSc1ccc(-n2cnc([N+](=O)[O-])n2)c(C#N)c1. The summed E-state index contributed by atoms with van der Waals surface area (Å²) in [6, 6.07) is 7.23. The van der Waals surface area contributed by atoms with Crippen LogP contribution in [0.4, 0.5) is 5.95 Å². The number of hydrogen-bond donors (Lipinski definition) is 0. The zero-order valence-corrected chi connectivity index (χ0v) is 10.1. The zero-order chi connectivity index (χ0) is 13.1. The second-order valence-electron chi connectivity index (χ2n) is 3.24. The quantitative estimate of drug-likeness (QED) is 0.474. The molecule has 0 saturated carbocycles. The average molecular weight is 261 g/mol. The van der Waals surface area contributed by atoms with Crippen molar-refractivity contribution >= 4 is 17.7 Å². The fraction of sp³-hybridized carbons (Fsp3) is 0.100. The summed E-state index contributed by atoms with van der Waals surface area (Å²) < 4.78 is 1.22. The van der Waals surface area contributed by atoms with Gasteiger partial charge in [0.25, 0.3) is 0 Å². The molecule has 0 aliphatic carbocycles. The number of nitriles is 1. The summed E-state index contributed by atoms with van der Waals surface area (Å²) in [5.74, 6) is -0.493. The number of rotatable bonds is 3. The van der Waals surface area contributed by atoms with Crippen molar-refractivity contribution in [3.8, 4) is 11.8 Å². The molecule has 1 aromatic carbocycles. The lowest BCUT2D eigenvalue weighted by Crippen LogP contribution is -1.99. The number of nitrogens with zero attached hydrogens (tertiary/aromatic N) is 5. The standard InChI is InChI=1S/C10H7N5O2S/c1-18-8-2-3-9(7(4-8)5-11)14-6-12-10(13-14)15(16)17/h2-4,6H,1H3. The fourth-order valence-corrected chi connectivity index (χ4v) is 1.83. The van der Waals surface area contributed by atoms with Crippen molar-refractivity contribution in [1.29, 1.82) is 5.26 Å². The highest BCUT2D eigenvalue weighted by Crippen LogP contribution is 2.21. The van der Waals surface area contributed by atoms with Crippen molar-refractivity contribution in [2.75, 3.05) is 6.26 Å². The minimum atomic E-state index is -0.682. The van der Waals surface area contributed by atoms with E-state index in [4.69, 9.17) is 5.26 Å². The molecule has 0 radical (unpaired) electrons. The number of thioether (sulfide) groups is 1. The van der Waals surface area contributed by atoms with Gasteiger partial charge in [-0.2, -0.15) is 5.26 Å². The van der Waals surface area contributed by atoms with Crippen LogP contribution in [0.3, 0.4) is 0 Å². The lowest BCUT2D eigenvalue weighted by molar-refractivity contribution is -0.394. The average Bonchev–Trinajstić information content (AvgIpc) is 2.87. The molecule has 0 saturated heterocycles. The minimum absolute atomic E-state index is 0.390. The van der Waals surface area contributed by atoms with Crippen molar-refractivity contribution in [2.24, 2.45) is 0 Å². The molecule has 2 rings (SSSR count). The number of nitro groups is 1. The first-order chi connectivity index (χ1) is 8.65. The Balaban J connectivity index is 2.50. The van der Waals surface area contributed by atoms with E-state index in [2.05, 4.69) is 10.1 Å². The van der Waals surface area contributed by atoms with E-state index in [1.807, 2.05) is 18.4 Å². The van der Waals surface area contributed by atoms with Crippen LogP contribution in [0.2, 0.25) is 0 Å². The van der Waals surface area contributed by atoms with Crippen LogP contribution in [0.5, 0.6) is 0 Å². The highest BCUT2D eigenvalue weighted by atomic mass is 32.2. The molecule has 0 spiro atoms. The number of hydrogen-bond acceptors (Lipinski definition) is 6. The second kappa shape index (κ2) is 4.85. The molecule has 2 aromatic rings. The Hall–Kier alpha value is -2.40. The molecule has 0 N–H and O–H groups in total. The maximum Gasteiger partial charge on any atom is 0.491 e. The Morgan fingerprint density at radius 1 is 1.56 bits per heavy atom. The highest BCUT2D eigenvalue weighted by molar-refractivity contribution is 7.98. The Morgan fingerprint density at radius 2 is 2.33 bits per heavy atom. The molecule has 1 aromatic heterocycles. The molecule has 0 unspecified atom stereocenters. The zero-order valence-electron chi connectivity index (χ0n) is 9.27. The highest BCUT2D eigenvalue weighted by Gasteiger charge is 2.16. The first kappa shape index (κ1) is 12.1. The summed E-state index contributed by atoms with van der Waals surface area (Å²) in [4.78, 5) is 14.3. The molecular formula is C10H7N5O2S. The van der Waals surface area contributed by atoms with E-state index in [9.17, 15) is 10.1 Å². The maximum absolute atomic E-state index is 10.5. The van der Waals surface area contributed by atoms with E-state index >= 15 is 0 Å². The van der Waals surface area contributed by atoms with Gasteiger partial charge in [-0.1, -0.05) is 4.98 Å². The molecular weight excluding hydrogens is 254 g/mol. The minimum Gasteiger partial charge on any atom is -0.390 e. The number of benzene rings is 1. The molecule has 0 atom stereocenters. The van der Waals surface area contributed by atoms with Gasteiger partial charge in [-0.15, -0.1) is 16.4 Å². The van der Waals surface area contributed by atoms with E-state index in [1.54, 1.807) is 12.1 Å². The molecule has 0 aliphatic heterocycles. The Morgan fingerprint density at radius 3 is 2.89 bits per heavy atom. The van der Waals surface area contributed by atoms with Crippen LogP contribution in [0.1, 0.15) is 5.56 Å². The van der Waals surface area contributed by atoms with Gasteiger partial charge in [-0.3, -0.25) is 0 Å². The van der Waals surface area contributed by atoms with E-state index in [-0.39, 0.29) is 0 Å². The van der Waals surface area contributed by atoms with Crippen LogP contribution in [-0.4, -0.2) is 25.9 Å². The molecule has 0 fully saturated rings. The summed E-state index contributed by atoms with van der Waals surface area (Å²) in [5, 5.41) is 23.3. The predicted molar refractivity (Wildman–Crippen MR) is 64.5 cm³/mol. The van der Waals surface area contributed by atoms with E-state index in [1.165, 1.54) is 22.8 Å². The van der Waals surface area contributed by atoms with Gasteiger partial charge in [0.2, 0.25) is 6.33 Å². The summed E-state index contributed by atoms with van der Waals surface area (Å²) in [5.41, 5.74) is 0.859. The summed E-state index contributed by atoms with van der Waals surface area (Å²) in [7, 11) is 0. The first-order valence-electron chi connectivity index (χ1n) is 4.80. The summed E-state index contributed by atoms with van der Waals surface area (Å²) >= 11 is 1.51. The summed E-state index contributed by atoms with van der Waals surface area (Å²) in [6.45, 7) is 0. The van der Waals surface area contributed by atoms with E-state index in [0.29, 0.717) is 11.3 Å². The van der Waals surface area contributed by atoms with Gasteiger partial charge < -0.3 is 10.1 Å². The molecule has 0 aliphatic rings. The second-order valence-corrected chi connectivity index (χ2v) is 4.12. The van der Waals surface area contributed by atoms with Crippen molar-refractivity contribution in [1.82, 2.24) is 14.8 Å². The maximum atomic E-state index is 10.5. The molecule has 0 bridgehead atoms. The van der Waals surface area contributed by atoms with Gasteiger partial charge in [0.05, 0.1) is 5.56 Å². The lowest BCUT2D eigenvalue weighted by atomic mass is 10.2. The smallest absolute Gasteiger partial charge is 0.390 e. The number of aromatic nitrogens is 3. The van der Waals surface area contributed by atoms with Crippen molar-refractivity contribution in [3.05, 3.63) is 40.2 Å². The van der Waals surface area contributed by atoms with Crippen molar-refractivity contribution in [2.45, 2.75) is 4.90 Å². The van der Waals surface area contributed by atoms with Gasteiger partial charge in [-0.25, -0.2) is 0 Å². The molecule has 18 heavy (non-hydrogen) atoms. The van der Waals surface area contributed by atoms with Crippen molar-refractivity contribution in [3.63, 3.8) is 0 Å². The third-order valence-corrected chi connectivity index (χ3v) is 2.94. The Bertz CT molecular complexity index is 646. The van der Waals surface area contributed by atoms with Crippen LogP contribution in [0, 0.1) is 21.4 Å². The predicted octanol–water partition coefficient (Wildman–Crippen LogP) is 1.77. The van der Waals surface area contributed by atoms with Gasteiger partial charge in [0.1, 0.15) is 11.8 Å². The Kier molecular flexibility index (Phi) is 3.25. The normalized spacial score (nSPS) is 10.0. The Labute approximate surface area is 106 Å². The topological polar surface area (TPSA) is 97.6 Å². The first-order valence-corrected chi connectivity index (χ1v) is 6.02. The van der Waals surface area contributed by atoms with Gasteiger partial charge in [-0.05, 0) is 29.4 Å². The van der Waals surface area contributed by atoms with Gasteiger partial charge in [0.15, 0.2) is 0 Å². The largest absolute Gasteiger partial charge is 0.491 e. The van der Waals surface area contributed by atoms with Crippen LogP contribution in [0.25, 0.3) is 5.69 Å². The molecule has 8 heteroatoms. The van der Waals surface area contributed by atoms with Gasteiger partial charge >= 0.3 is 5.95 Å². The van der Waals surface area contributed by atoms with Crippen LogP contribution >= 0.6 is 11.8 Å². The summed E-state index contributed by atoms with van der Waals surface area (Å²) in [6.07, 6.45) is 3.11. The van der Waals surface area contributed by atoms with Gasteiger partial charge in [0, 0.05) is 9.99 Å². The van der Waals surface area contributed by atoms with Crippen LogP contribution < -0.4 is 0 Å². The van der Waals surface area contributed by atoms with Crippen LogP contribution in [0.15, 0.2) is 29.4 Å².